The predicted molar refractivity (Wildman–Crippen MR) is 71.3 cm³/mol. The summed E-state index contributed by atoms with van der Waals surface area (Å²) < 4.78 is 5.45. The molecule has 0 bridgehead atoms. The highest BCUT2D eigenvalue weighted by Crippen LogP contribution is 2.28. The van der Waals surface area contributed by atoms with Crippen LogP contribution in [0.1, 0.15) is 20.7 Å². The van der Waals surface area contributed by atoms with Crippen molar-refractivity contribution in [2.45, 2.75) is 0 Å². The Balaban J connectivity index is 0.00000220. The van der Waals surface area contributed by atoms with E-state index in [1.165, 1.54) is 12.1 Å². The van der Waals surface area contributed by atoms with Gasteiger partial charge in [0.05, 0.1) is 16.8 Å². The number of hydrogen-bond acceptors (Lipinski definition) is 4. The molecule has 2 aromatic rings. The Kier molecular flexibility index (Phi) is 5.15. The lowest BCUT2D eigenvalue weighted by atomic mass is 10.1. The molecular weight excluding hydrogens is 298 g/mol. The van der Waals surface area contributed by atoms with Crippen LogP contribution >= 0.6 is 0 Å². The second-order valence-corrected chi connectivity index (χ2v) is 3.96. The maximum absolute atomic E-state index is 11.1. The summed E-state index contributed by atoms with van der Waals surface area (Å²) in [6, 6.07) is 10.4. The van der Waals surface area contributed by atoms with E-state index in [4.69, 9.17) is 20.7 Å². The molecule has 0 heterocycles. The molecule has 0 unspecified atom stereocenters. The largest absolute Gasteiger partial charge is 1.00 e. The summed E-state index contributed by atoms with van der Waals surface area (Å²) in [5, 5.41) is 17.9. The van der Waals surface area contributed by atoms with Crippen LogP contribution in [0.15, 0.2) is 42.5 Å². The van der Waals surface area contributed by atoms with Crippen LogP contribution in [-0.2, 0) is 0 Å². The van der Waals surface area contributed by atoms with E-state index in [-0.39, 0.29) is 29.3 Å². The summed E-state index contributed by atoms with van der Waals surface area (Å²) in [5.41, 5.74) is 5.46. The van der Waals surface area contributed by atoms with Crippen LogP contribution < -0.4 is 22.9 Å². The molecule has 2 rings (SSSR count). The van der Waals surface area contributed by atoms with Gasteiger partial charge in [0.15, 0.2) is 0 Å². The molecule has 0 saturated heterocycles. The first-order valence-electron chi connectivity index (χ1n) is 5.62. The Morgan fingerprint density at radius 2 is 1.57 bits per heavy atom. The topological polar surface area (TPSA) is 110 Å². The van der Waals surface area contributed by atoms with E-state index < -0.39 is 11.9 Å². The lowest BCUT2D eigenvalue weighted by Gasteiger charge is -2.09. The van der Waals surface area contributed by atoms with Crippen LogP contribution in [0.3, 0.4) is 0 Å². The first-order valence-corrected chi connectivity index (χ1v) is 5.62. The normalized spacial score (nSPS) is 9.52. The van der Waals surface area contributed by atoms with Gasteiger partial charge in [-0.2, -0.15) is 0 Å². The number of ether oxygens (including phenoxy) is 1. The SMILES string of the molecule is Nc1ccccc1Oc1ccc(C(=O)O)c(C(=O)O)c1.[Cl-]. The van der Waals surface area contributed by atoms with Crippen LogP contribution in [0, 0.1) is 0 Å². The van der Waals surface area contributed by atoms with Crippen LogP contribution in [0.5, 0.6) is 11.5 Å². The van der Waals surface area contributed by atoms with E-state index in [0.717, 1.165) is 6.07 Å². The molecule has 4 N–H and O–H groups in total. The molecule has 21 heavy (non-hydrogen) atoms. The summed E-state index contributed by atoms with van der Waals surface area (Å²) in [4.78, 5) is 22.0. The van der Waals surface area contributed by atoms with Crippen molar-refractivity contribution in [2.24, 2.45) is 0 Å². The lowest BCUT2D eigenvalue weighted by Crippen LogP contribution is -3.00. The molecule has 0 amide bonds. The zero-order chi connectivity index (χ0) is 14.7. The number of halogens is 1. The monoisotopic (exact) mass is 308 g/mol. The van der Waals surface area contributed by atoms with Crippen molar-refractivity contribution >= 4 is 17.6 Å². The summed E-state index contributed by atoms with van der Waals surface area (Å²) in [6.07, 6.45) is 0. The third-order valence-corrected chi connectivity index (χ3v) is 2.60. The van der Waals surface area contributed by atoms with Gasteiger partial charge in [-0.1, -0.05) is 12.1 Å². The average Bonchev–Trinajstić information content (AvgIpc) is 2.41. The molecular formula is C14H11ClNO5-. The molecule has 0 atom stereocenters. The zero-order valence-electron chi connectivity index (χ0n) is 10.6. The molecule has 0 aliphatic carbocycles. The van der Waals surface area contributed by atoms with Crippen molar-refractivity contribution in [1.29, 1.82) is 0 Å². The summed E-state index contributed by atoms with van der Waals surface area (Å²) >= 11 is 0. The third kappa shape index (κ3) is 3.64. The first-order chi connectivity index (χ1) is 9.49. The zero-order valence-corrected chi connectivity index (χ0v) is 11.4. The number of rotatable bonds is 4. The second-order valence-electron chi connectivity index (χ2n) is 3.96. The van der Waals surface area contributed by atoms with Crippen molar-refractivity contribution in [3.8, 4) is 11.5 Å². The molecule has 0 aromatic heterocycles. The van der Waals surface area contributed by atoms with E-state index in [1.807, 2.05) is 0 Å². The minimum atomic E-state index is -1.34. The van der Waals surface area contributed by atoms with Gasteiger partial charge in [0, 0.05) is 0 Å². The first kappa shape index (κ1) is 16.3. The number of benzene rings is 2. The summed E-state index contributed by atoms with van der Waals surface area (Å²) in [7, 11) is 0. The number of nitrogen functional groups attached to an aromatic ring is 1. The smallest absolute Gasteiger partial charge is 0.336 e. The molecule has 0 aliphatic rings. The van der Waals surface area contributed by atoms with Gasteiger partial charge in [-0.15, -0.1) is 0 Å². The number of carbonyl (C=O) groups is 2. The van der Waals surface area contributed by atoms with E-state index in [9.17, 15) is 9.59 Å². The molecule has 6 nitrogen and oxygen atoms in total. The average molecular weight is 309 g/mol. The van der Waals surface area contributed by atoms with Gasteiger partial charge in [-0.3, -0.25) is 0 Å². The fourth-order valence-electron chi connectivity index (χ4n) is 1.65. The van der Waals surface area contributed by atoms with E-state index in [1.54, 1.807) is 24.3 Å². The minimum Gasteiger partial charge on any atom is -1.00 e. The van der Waals surface area contributed by atoms with Crippen LogP contribution in [-0.4, -0.2) is 22.2 Å². The van der Waals surface area contributed by atoms with E-state index >= 15 is 0 Å². The van der Waals surface area contributed by atoms with Gasteiger partial charge in [-0.05, 0) is 30.3 Å². The number of para-hydroxylation sites is 2. The Labute approximate surface area is 126 Å². The molecule has 0 saturated carbocycles. The summed E-state index contributed by atoms with van der Waals surface area (Å²) in [5.74, 6) is -2.08. The van der Waals surface area contributed by atoms with Crippen LogP contribution in [0.2, 0.25) is 0 Å². The van der Waals surface area contributed by atoms with Crippen LogP contribution in [0.4, 0.5) is 5.69 Å². The molecule has 7 heteroatoms. The van der Waals surface area contributed by atoms with Crippen LogP contribution in [0.25, 0.3) is 0 Å². The highest BCUT2D eigenvalue weighted by Gasteiger charge is 2.17. The number of hydrogen-bond donors (Lipinski definition) is 3. The summed E-state index contributed by atoms with van der Waals surface area (Å²) in [6.45, 7) is 0. The van der Waals surface area contributed by atoms with Crippen molar-refractivity contribution in [3.05, 3.63) is 53.6 Å². The molecule has 2 aromatic carbocycles. The van der Waals surface area contributed by atoms with Crippen molar-refractivity contribution < 1.29 is 36.9 Å². The van der Waals surface area contributed by atoms with Crippen molar-refractivity contribution in [1.82, 2.24) is 0 Å². The second kappa shape index (κ2) is 6.62. The number of nitrogens with two attached hydrogens (primary N) is 1. The highest BCUT2D eigenvalue weighted by molar-refractivity contribution is 6.02. The highest BCUT2D eigenvalue weighted by atomic mass is 35.5. The number of anilines is 1. The quantitative estimate of drug-likeness (QED) is 0.655. The maximum Gasteiger partial charge on any atom is 0.336 e. The molecule has 0 aliphatic heterocycles. The lowest BCUT2D eigenvalue weighted by molar-refractivity contribution is -0.0000337. The number of aromatic carboxylic acids is 2. The van der Waals surface area contributed by atoms with Gasteiger partial charge in [-0.25, -0.2) is 9.59 Å². The van der Waals surface area contributed by atoms with E-state index in [2.05, 4.69) is 0 Å². The Morgan fingerprint density at radius 3 is 2.14 bits per heavy atom. The standard InChI is InChI=1S/C14H11NO5.ClH/c15-11-3-1-2-4-12(11)20-8-5-6-9(13(16)17)10(7-8)14(18)19;/h1-7H,15H2,(H,16,17)(H,18,19);1H/p-1. The van der Waals surface area contributed by atoms with Gasteiger partial charge < -0.3 is 33.1 Å². The molecule has 110 valence electrons. The maximum atomic E-state index is 11.1. The van der Waals surface area contributed by atoms with E-state index in [0.29, 0.717) is 11.4 Å². The Bertz CT molecular complexity index is 687. The Hall–Kier alpha value is -2.73. The van der Waals surface area contributed by atoms with Gasteiger partial charge >= 0.3 is 11.9 Å². The van der Waals surface area contributed by atoms with Crippen molar-refractivity contribution in [2.75, 3.05) is 5.73 Å². The van der Waals surface area contributed by atoms with Gasteiger partial charge in [0.25, 0.3) is 0 Å². The third-order valence-electron chi connectivity index (χ3n) is 2.60. The fourth-order valence-corrected chi connectivity index (χ4v) is 1.65. The molecule has 0 radical (unpaired) electrons. The number of carboxylic acids is 2. The van der Waals surface area contributed by atoms with Gasteiger partial charge in [0.2, 0.25) is 0 Å². The number of carboxylic acid groups (broad SMARTS) is 2. The Morgan fingerprint density at radius 1 is 0.952 bits per heavy atom. The minimum absolute atomic E-state index is 0. The molecule has 0 fully saturated rings. The molecule has 0 spiro atoms. The van der Waals surface area contributed by atoms with Crippen molar-refractivity contribution in [3.63, 3.8) is 0 Å². The fraction of sp³-hybridized carbons (Fsp3) is 0. The predicted octanol–water partition coefficient (Wildman–Crippen LogP) is -0.539. The van der Waals surface area contributed by atoms with Gasteiger partial charge in [0.1, 0.15) is 11.5 Å².